The van der Waals surface area contributed by atoms with Crippen molar-refractivity contribution in [1.82, 2.24) is 0 Å². The summed E-state index contributed by atoms with van der Waals surface area (Å²) in [5, 5.41) is 0. The Bertz CT molecular complexity index is 719. The predicted molar refractivity (Wildman–Crippen MR) is 95.8 cm³/mol. The topological polar surface area (TPSA) is 0 Å². The summed E-state index contributed by atoms with van der Waals surface area (Å²) in [6.07, 6.45) is 4.07. The molecule has 0 saturated heterocycles. The molecule has 0 aliphatic rings. The van der Waals surface area contributed by atoms with Crippen molar-refractivity contribution in [1.29, 1.82) is 0 Å². The lowest BCUT2D eigenvalue weighted by molar-refractivity contribution is 1.00. The van der Waals surface area contributed by atoms with Gasteiger partial charge in [-0.05, 0) is 40.7 Å². The quantitative estimate of drug-likeness (QED) is 0.494. The fraction of sp³-hybridized carbons (Fsp3) is 0.0909. The molecule has 0 atom stereocenters. The van der Waals surface area contributed by atoms with Gasteiger partial charge in [0.2, 0.25) is 0 Å². The van der Waals surface area contributed by atoms with Gasteiger partial charge in [-0.1, -0.05) is 84.9 Å². The molecule has 0 saturated carbocycles. The van der Waals surface area contributed by atoms with Crippen LogP contribution in [0.3, 0.4) is 0 Å². The molecule has 22 heavy (non-hydrogen) atoms. The lowest BCUT2D eigenvalue weighted by Crippen LogP contribution is -1.84. The summed E-state index contributed by atoms with van der Waals surface area (Å²) in [6.45, 7) is 3.77. The Hall–Kier alpha value is -2.60. The molecule has 0 spiro atoms. The van der Waals surface area contributed by atoms with Gasteiger partial charge in [-0.2, -0.15) is 0 Å². The van der Waals surface area contributed by atoms with Crippen molar-refractivity contribution in [3.05, 3.63) is 97.1 Å². The number of aryl methyl sites for hydroxylation is 1. The Morgan fingerprint density at radius 1 is 0.591 bits per heavy atom. The molecular formula is C22H20. The van der Waals surface area contributed by atoms with Crippen LogP contribution in [-0.2, 0) is 6.42 Å². The maximum Gasteiger partial charge on any atom is -0.0184 e. The Kier molecular flexibility index (Phi) is 4.50. The molecule has 0 aliphatic carbocycles. The monoisotopic (exact) mass is 284 g/mol. The molecule has 0 nitrogen and oxygen atoms in total. The molecule has 0 heteroatoms. The van der Waals surface area contributed by atoms with Crippen molar-refractivity contribution in [2.24, 2.45) is 0 Å². The van der Waals surface area contributed by atoms with Gasteiger partial charge in [0, 0.05) is 0 Å². The van der Waals surface area contributed by atoms with Crippen molar-refractivity contribution in [2.45, 2.75) is 12.8 Å². The largest absolute Gasteiger partial charge is 0.103 e. The second-order valence-electron chi connectivity index (χ2n) is 5.47. The van der Waals surface area contributed by atoms with Crippen LogP contribution in [0, 0.1) is 0 Å². The van der Waals surface area contributed by atoms with Gasteiger partial charge in [0.25, 0.3) is 0 Å². The number of benzene rings is 3. The van der Waals surface area contributed by atoms with E-state index in [0.29, 0.717) is 0 Å². The van der Waals surface area contributed by atoms with Gasteiger partial charge in [-0.25, -0.2) is 0 Å². The summed E-state index contributed by atoms with van der Waals surface area (Å²) in [4.78, 5) is 0. The molecule has 0 N–H and O–H groups in total. The molecule has 108 valence electrons. The summed E-state index contributed by atoms with van der Waals surface area (Å²) in [6, 6.07) is 28.1. The van der Waals surface area contributed by atoms with Crippen molar-refractivity contribution < 1.29 is 0 Å². The Labute approximate surface area is 132 Å². The van der Waals surface area contributed by atoms with Gasteiger partial charge in [0.05, 0.1) is 0 Å². The molecule has 0 aromatic heterocycles. The standard InChI is InChI=1S/C22H20/c1-2-3-7-18-10-12-20(13-11-18)22-16-14-21(15-17-22)19-8-5-4-6-9-19/h2,4-6,8-17H,1,3,7H2. The number of rotatable bonds is 5. The summed E-state index contributed by atoms with van der Waals surface area (Å²) in [5.41, 5.74) is 6.40. The molecule has 3 aromatic carbocycles. The van der Waals surface area contributed by atoms with E-state index in [-0.39, 0.29) is 0 Å². The lowest BCUT2D eigenvalue weighted by Gasteiger charge is -2.06. The SMILES string of the molecule is C=CCCc1ccc(-c2ccc(-c3ccccc3)cc2)cc1. The fourth-order valence-electron chi connectivity index (χ4n) is 2.62. The van der Waals surface area contributed by atoms with Crippen LogP contribution in [0.4, 0.5) is 0 Å². The van der Waals surface area contributed by atoms with Crippen molar-refractivity contribution in [3.63, 3.8) is 0 Å². The Morgan fingerprint density at radius 2 is 1.05 bits per heavy atom. The molecule has 0 heterocycles. The van der Waals surface area contributed by atoms with Crippen molar-refractivity contribution >= 4 is 0 Å². The third kappa shape index (κ3) is 3.35. The first kappa shape index (κ1) is 14.3. The summed E-state index contributed by atoms with van der Waals surface area (Å²) in [7, 11) is 0. The van der Waals surface area contributed by atoms with E-state index in [1.54, 1.807) is 0 Å². The molecule has 3 rings (SSSR count). The Morgan fingerprint density at radius 3 is 1.55 bits per heavy atom. The average molecular weight is 284 g/mol. The zero-order valence-corrected chi connectivity index (χ0v) is 12.7. The second kappa shape index (κ2) is 6.91. The first-order valence-electron chi connectivity index (χ1n) is 7.72. The van der Waals surface area contributed by atoms with E-state index < -0.39 is 0 Å². The van der Waals surface area contributed by atoms with Gasteiger partial charge in [0.15, 0.2) is 0 Å². The summed E-state index contributed by atoms with van der Waals surface area (Å²) >= 11 is 0. The molecule has 0 aliphatic heterocycles. The third-order valence-corrected chi connectivity index (χ3v) is 3.92. The molecule has 3 aromatic rings. The molecule has 0 bridgehead atoms. The van der Waals surface area contributed by atoms with Crippen LogP contribution in [0.15, 0.2) is 91.5 Å². The van der Waals surface area contributed by atoms with Crippen molar-refractivity contribution in [3.8, 4) is 22.3 Å². The van der Waals surface area contributed by atoms with Crippen LogP contribution in [0.2, 0.25) is 0 Å². The lowest BCUT2D eigenvalue weighted by atomic mass is 9.99. The molecular weight excluding hydrogens is 264 g/mol. The van der Waals surface area contributed by atoms with Gasteiger partial charge in [0.1, 0.15) is 0 Å². The van der Waals surface area contributed by atoms with Crippen molar-refractivity contribution in [2.75, 3.05) is 0 Å². The third-order valence-electron chi connectivity index (χ3n) is 3.92. The van der Waals surface area contributed by atoms with E-state index in [9.17, 15) is 0 Å². The summed E-state index contributed by atoms with van der Waals surface area (Å²) in [5.74, 6) is 0. The highest BCUT2D eigenvalue weighted by atomic mass is 14.1. The Balaban J connectivity index is 1.79. The van der Waals surface area contributed by atoms with E-state index in [1.807, 2.05) is 12.1 Å². The van der Waals surface area contributed by atoms with E-state index >= 15 is 0 Å². The van der Waals surface area contributed by atoms with Gasteiger partial charge >= 0.3 is 0 Å². The van der Waals surface area contributed by atoms with Crippen LogP contribution < -0.4 is 0 Å². The average Bonchev–Trinajstić information content (AvgIpc) is 2.61. The van der Waals surface area contributed by atoms with Gasteiger partial charge < -0.3 is 0 Å². The normalized spacial score (nSPS) is 10.4. The number of hydrogen-bond donors (Lipinski definition) is 0. The highest BCUT2D eigenvalue weighted by Gasteiger charge is 2.00. The minimum absolute atomic E-state index is 1.03. The highest BCUT2D eigenvalue weighted by molar-refractivity contribution is 5.70. The minimum atomic E-state index is 1.03. The van der Waals surface area contributed by atoms with E-state index in [2.05, 4.69) is 79.4 Å². The fourth-order valence-corrected chi connectivity index (χ4v) is 2.62. The zero-order chi connectivity index (χ0) is 15.2. The van der Waals surface area contributed by atoms with Gasteiger partial charge in [-0.3, -0.25) is 0 Å². The minimum Gasteiger partial charge on any atom is -0.103 e. The summed E-state index contributed by atoms with van der Waals surface area (Å²) < 4.78 is 0. The molecule has 0 radical (unpaired) electrons. The zero-order valence-electron chi connectivity index (χ0n) is 12.7. The van der Waals surface area contributed by atoms with E-state index in [4.69, 9.17) is 0 Å². The maximum atomic E-state index is 3.77. The number of hydrogen-bond acceptors (Lipinski definition) is 0. The maximum absolute atomic E-state index is 3.77. The molecule has 0 amide bonds. The van der Waals surface area contributed by atoms with Gasteiger partial charge in [-0.15, -0.1) is 6.58 Å². The highest BCUT2D eigenvalue weighted by Crippen LogP contribution is 2.25. The first-order chi connectivity index (χ1) is 10.9. The van der Waals surface area contributed by atoms with E-state index in [1.165, 1.54) is 27.8 Å². The first-order valence-corrected chi connectivity index (χ1v) is 7.72. The predicted octanol–water partition coefficient (Wildman–Crippen LogP) is 6.14. The van der Waals surface area contributed by atoms with Crippen LogP contribution in [0.25, 0.3) is 22.3 Å². The smallest absolute Gasteiger partial charge is 0.0184 e. The molecule has 0 unspecified atom stereocenters. The molecule has 0 fully saturated rings. The van der Waals surface area contributed by atoms with Crippen LogP contribution in [0.1, 0.15) is 12.0 Å². The van der Waals surface area contributed by atoms with Crippen LogP contribution in [0.5, 0.6) is 0 Å². The van der Waals surface area contributed by atoms with Crippen LogP contribution >= 0.6 is 0 Å². The number of allylic oxidation sites excluding steroid dienone is 1. The van der Waals surface area contributed by atoms with E-state index in [0.717, 1.165) is 12.8 Å². The second-order valence-corrected chi connectivity index (χ2v) is 5.47. The van der Waals surface area contributed by atoms with Crippen LogP contribution in [-0.4, -0.2) is 0 Å².